The number of phenols is 1. The van der Waals surface area contributed by atoms with Crippen molar-refractivity contribution in [3.63, 3.8) is 0 Å². The topological polar surface area (TPSA) is 38.7 Å². The zero-order chi connectivity index (χ0) is 16.1. The zero-order valence-corrected chi connectivity index (χ0v) is 17.4. The fourth-order valence-corrected chi connectivity index (χ4v) is 14.1. The van der Waals surface area contributed by atoms with E-state index in [2.05, 4.69) is 39.3 Å². The largest absolute Gasteiger partial charge is 0.508 e. The van der Waals surface area contributed by atoms with Gasteiger partial charge < -0.3 is 13.3 Å². The van der Waals surface area contributed by atoms with Crippen LogP contribution in [0, 0.1) is 0 Å². The molecule has 1 unspecified atom stereocenters. The van der Waals surface area contributed by atoms with E-state index in [0.29, 0.717) is 5.75 Å². The first-order chi connectivity index (χ1) is 9.61. The summed E-state index contributed by atoms with van der Waals surface area (Å²) in [5.41, 5.74) is 1.02. The lowest BCUT2D eigenvalue weighted by atomic mass is 10.1. The molecule has 0 fully saturated rings. The van der Waals surface area contributed by atoms with Crippen molar-refractivity contribution in [2.45, 2.75) is 58.2 Å². The van der Waals surface area contributed by atoms with Gasteiger partial charge >= 0.3 is 8.56 Å². The van der Waals surface area contributed by atoms with E-state index in [9.17, 15) is 5.11 Å². The minimum absolute atomic E-state index is 0.395. The second kappa shape index (κ2) is 7.73. The molecule has 0 aliphatic heterocycles. The van der Waals surface area contributed by atoms with Gasteiger partial charge in [0.2, 0.25) is 0 Å². The smallest absolute Gasteiger partial charge is 0.314 e. The van der Waals surface area contributed by atoms with Crippen LogP contribution in [0.15, 0.2) is 24.3 Å². The van der Waals surface area contributed by atoms with Gasteiger partial charge in [-0.3, -0.25) is 0 Å². The molecule has 0 amide bonds. The second-order valence-electron chi connectivity index (χ2n) is 7.00. The molecule has 0 aromatic heterocycles. The summed E-state index contributed by atoms with van der Waals surface area (Å²) in [6, 6.07) is 8.58. The van der Waals surface area contributed by atoms with Crippen LogP contribution < -0.4 is 0 Å². The van der Waals surface area contributed by atoms with Crippen LogP contribution in [0.2, 0.25) is 45.3 Å². The molecule has 0 saturated carbocycles. The highest BCUT2D eigenvalue weighted by atomic mass is 28.5. The van der Waals surface area contributed by atoms with Gasteiger partial charge in [0, 0.05) is 0 Å². The molecule has 1 N–H and O–H groups in total. The molecule has 21 heavy (non-hydrogen) atoms. The van der Waals surface area contributed by atoms with Crippen molar-refractivity contribution >= 4 is 25.9 Å². The lowest BCUT2D eigenvalue weighted by Crippen LogP contribution is -2.49. The Bertz CT molecular complexity index is 446. The van der Waals surface area contributed by atoms with Crippen molar-refractivity contribution in [3.05, 3.63) is 29.8 Å². The summed E-state index contributed by atoms with van der Waals surface area (Å²) in [5, 5.41) is 9.83. The molecule has 120 valence electrons. The predicted molar refractivity (Wildman–Crippen MR) is 97.2 cm³/mol. The molecule has 1 aromatic rings. The number of rotatable bonds is 8. The SMILES string of the molecule is C[SiH](C)O[Si](C)(CCCc1ccccc1O)O[Si](C)(C)C. The minimum atomic E-state index is -2.08. The fourth-order valence-electron chi connectivity index (χ4n) is 2.60. The molecular formula is C15H30O3Si3. The Labute approximate surface area is 133 Å². The van der Waals surface area contributed by atoms with Crippen LogP contribution in [0.5, 0.6) is 5.75 Å². The van der Waals surface area contributed by atoms with E-state index in [1.54, 1.807) is 6.07 Å². The highest BCUT2D eigenvalue weighted by Crippen LogP contribution is 2.25. The average Bonchev–Trinajstić information content (AvgIpc) is 2.27. The zero-order valence-electron chi connectivity index (χ0n) is 14.3. The summed E-state index contributed by atoms with van der Waals surface area (Å²) in [6.45, 7) is 13.3. The third-order valence-corrected chi connectivity index (χ3v) is 12.4. The molecule has 6 heteroatoms. The van der Waals surface area contributed by atoms with Crippen molar-refractivity contribution in [2.24, 2.45) is 0 Å². The molecule has 0 aliphatic rings. The van der Waals surface area contributed by atoms with Crippen LogP contribution in [0.3, 0.4) is 0 Å². The first kappa shape index (κ1) is 18.6. The van der Waals surface area contributed by atoms with E-state index in [1.807, 2.05) is 18.2 Å². The molecule has 0 heterocycles. The van der Waals surface area contributed by atoms with E-state index < -0.39 is 25.9 Å². The summed E-state index contributed by atoms with van der Waals surface area (Å²) < 4.78 is 12.7. The maximum Gasteiger partial charge on any atom is 0.314 e. The summed E-state index contributed by atoms with van der Waals surface area (Å²) >= 11 is 0. The Morgan fingerprint density at radius 3 is 2.24 bits per heavy atom. The number of aromatic hydroxyl groups is 1. The molecule has 1 aromatic carbocycles. The highest BCUT2D eigenvalue weighted by molar-refractivity contribution is 6.84. The number of benzene rings is 1. The molecular weight excluding hydrogens is 312 g/mol. The first-order valence-electron chi connectivity index (χ1n) is 7.76. The molecule has 0 aliphatic carbocycles. The fraction of sp³-hybridized carbons (Fsp3) is 0.600. The van der Waals surface area contributed by atoms with Gasteiger partial charge in [-0.1, -0.05) is 18.2 Å². The van der Waals surface area contributed by atoms with Gasteiger partial charge in [-0.05, 0) is 69.8 Å². The maximum absolute atomic E-state index is 9.83. The van der Waals surface area contributed by atoms with Gasteiger partial charge in [0.25, 0.3) is 0 Å². The number of phenolic OH excluding ortho intramolecular Hbond substituents is 1. The van der Waals surface area contributed by atoms with Crippen LogP contribution in [0.4, 0.5) is 0 Å². The number of hydrogen-bond donors (Lipinski definition) is 1. The van der Waals surface area contributed by atoms with E-state index in [0.717, 1.165) is 24.4 Å². The van der Waals surface area contributed by atoms with Gasteiger partial charge in [0.1, 0.15) is 5.75 Å². The third kappa shape index (κ3) is 7.42. The van der Waals surface area contributed by atoms with Crippen LogP contribution in [-0.4, -0.2) is 31.0 Å². The number of aryl methyl sites for hydroxylation is 1. The molecule has 0 bridgehead atoms. The Balaban J connectivity index is 2.63. The standard InChI is InChI=1S/C15H30O3Si3/c1-19(2)17-21(6,18-20(3,4)5)13-9-11-14-10-7-8-12-15(14)16/h7-8,10,12,16,19H,9,11,13H2,1-6H3. The van der Waals surface area contributed by atoms with Gasteiger partial charge in [0.05, 0.1) is 0 Å². The molecule has 1 rings (SSSR count). The normalized spacial score (nSPS) is 15.2. The lowest BCUT2D eigenvalue weighted by Gasteiger charge is -2.35. The molecule has 3 nitrogen and oxygen atoms in total. The highest BCUT2D eigenvalue weighted by Gasteiger charge is 2.36. The van der Waals surface area contributed by atoms with Gasteiger partial charge in [0.15, 0.2) is 17.4 Å². The van der Waals surface area contributed by atoms with Crippen molar-refractivity contribution in [1.82, 2.24) is 0 Å². The van der Waals surface area contributed by atoms with Gasteiger partial charge in [-0.15, -0.1) is 0 Å². The van der Waals surface area contributed by atoms with Crippen LogP contribution in [0.1, 0.15) is 12.0 Å². The molecule has 1 atom stereocenters. The third-order valence-electron chi connectivity index (χ3n) is 3.08. The Morgan fingerprint density at radius 1 is 1.10 bits per heavy atom. The van der Waals surface area contributed by atoms with Crippen molar-refractivity contribution in [3.8, 4) is 5.75 Å². The monoisotopic (exact) mass is 342 g/mol. The number of para-hydroxylation sites is 1. The minimum Gasteiger partial charge on any atom is -0.508 e. The maximum atomic E-state index is 9.83. The van der Waals surface area contributed by atoms with Crippen LogP contribution in [0.25, 0.3) is 0 Å². The van der Waals surface area contributed by atoms with E-state index in [4.69, 9.17) is 8.23 Å². The summed E-state index contributed by atoms with van der Waals surface area (Å²) in [7, 11) is -4.77. The average molecular weight is 343 g/mol. The number of hydrogen-bond acceptors (Lipinski definition) is 3. The molecule has 0 spiro atoms. The van der Waals surface area contributed by atoms with Gasteiger partial charge in [-0.25, -0.2) is 0 Å². The van der Waals surface area contributed by atoms with Crippen LogP contribution in [-0.2, 0) is 14.7 Å². The Hall–Kier alpha value is -0.409. The molecule has 0 saturated heterocycles. The summed E-state index contributed by atoms with van der Waals surface area (Å²) in [4.78, 5) is 0. The predicted octanol–water partition coefficient (Wildman–Crippen LogP) is 4.25. The van der Waals surface area contributed by atoms with Crippen LogP contribution >= 0.6 is 0 Å². The van der Waals surface area contributed by atoms with Crippen molar-refractivity contribution in [1.29, 1.82) is 0 Å². The molecule has 0 radical (unpaired) electrons. The lowest BCUT2D eigenvalue weighted by molar-refractivity contribution is 0.390. The summed E-state index contributed by atoms with van der Waals surface area (Å²) in [6.07, 6.45) is 1.89. The van der Waals surface area contributed by atoms with E-state index in [-0.39, 0.29) is 0 Å². The van der Waals surface area contributed by atoms with Gasteiger partial charge in [-0.2, -0.15) is 0 Å². The van der Waals surface area contributed by atoms with Crippen molar-refractivity contribution < 1.29 is 13.3 Å². The second-order valence-corrected chi connectivity index (χ2v) is 17.8. The van der Waals surface area contributed by atoms with Crippen molar-refractivity contribution in [2.75, 3.05) is 0 Å². The quantitative estimate of drug-likeness (QED) is 0.718. The van der Waals surface area contributed by atoms with E-state index >= 15 is 0 Å². The Kier molecular flexibility index (Phi) is 6.86. The summed E-state index contributed by atoms with van der Waals surface area (Å²) in [5.74, 6) is 0.395. The Morgan fingerprint density at radius 2 is 1.71 bits per heavy atom. The first-order valence-corrected chi connectivity index (χ1v) is 16.5. The van der Waals surface area contributed by atoms with E-state index in [1.165, 1.54) is 0 Å².